The molecular weight excluding hydrogens is 392 g/mol. The van der Waals surface area contributed by atoms with Crippen LogP contribution in [0.5, 0.6) is 0 Å². The average molecular weight is 420 g/mol. The van der Waals surface area contributed by atoms with Crippen LogP contribution in [-0.4, -0.2) is 70.4 Å². The van der Waals surface area contributed by atoms with Gasteiger partial charge in [0.2, 0.25) is 5.91 Å². The first-order chi connectivity index (χ1) is 14.4. The molecule has 0 N–H and O–H groups in total. The predicted octanol–water partition coefficient (Wildman–Crippen LogP) is 0.560. The molecule has 0 unspecified atom stereocenters. The Hall–Kier alpha value is -2.91. The van der Waals surface area contributed by atoms with Crippen LogP contribution in [0.3, 0.4) is 0 Å². The van der Waals surface area contributed by atoms with Crippen molar-refractivity contribution < 1.29 is 23.9 Å². The van der Waals surface area contributed by atoms with Crippen LogP contribution >= 0.6 is 0 Å². The van der Waals surface area contributed by atoms with Crippen molar-refractivity contribution in [3.8, 4) is 0 Å². The Balaban J connectivity index is 1.60. The molecule has 3 rings (SSSR count). The molecule has 10 heteroatoms. The number of aromatic nitrogens is 2. The molecule has 2 aliphatic rings. The van der Waals surface area contributed by atoms with Crippen LogP contribution in [-0.2, 0) is 38.6 Å². The highest BCUT2D eigenvalue weighted by Crippen LogP contribution is 2.19. The van der Waals surface area contributed by atoms with Gasteiger partial charge in [-0.15, -0.1) is 0 Å². The summed E-state index contributed by atoms with van der Waals surface area (Å²) in [6, 6.07) is 1.44. The maximum atomic E-state index is 12.6. The summed E-state index contributed by atoms with van der Waals surface area (Å²) < 4.78 is 11.2. The van der Waals surface area contributed by atoms with Crippen molar-refractivity contribution >= 4 is 18.0 Å². The number of likely N-dealkylation sites (tertiary alicyclic amines) is 1. The van der Waals surface area contributed by atoms with Crippen molar-refractivity contribution in [1.82, 2.24) is 19.6 Å². The van der Waals surface area contributed by atoms with Gasteiger partial charge in [-0.2, -0.15) is 5.10 Å². The number of piperidine rings is 1. The van der Waals surface area contributed by atoms with Gasteiger partial charge in [0.25, 0.3) is 5.56 Å². The summed E-state index contributed by atoms with van der Waals surface area (Å²) >= 11 is 0. The Morgan fingerprint density at radius 1 is 1.07 bits per heavy atom. The Bertz CT molecular complexity index is 859. The van der Waals surface area contributed by atoms with Gasteiger partial charge in [0.1, 0.15) is 6.54 Å². The Morgan fingerprint density at radius 3 is 2.43 bits per heavy atom. The molecule has 0 saturated carbocycles. The van der Waals surface area contributed by atoms with E-state index in [0.717, 1.165) is 0 Å². The molecule has 1 aromatic rings. The number of rotatable bonds is 5. The number of esters is 1. The summed E-state index contributed by atoms with van der Waals surface area (Å²) in [6.45, 7) is 5.65. The van der Waals surface area contributed by atoms with Gasteiger partial charge in [0, 0.05) is 37.7 Å². The molecule has 1 saturated heterocycles. The molecule has 0 aliphatic carbocycles. The second-order valence-electron chi connectivity index (χ2n) is 7.39. The Morgan fingerprint density at radius 2 is 1.77 bits per heavy atom. The van der Waals surface area contributed by atoms with E-state index in [2.05, 4.69) is 5.10 Å². The highest BCUT2D eigenvalue weighted by Gasteiger charge is 2.29. The Labute approximate surface area is 174 Å². The van der Waals surface area contributed by atoms with Crippen molar-refractivity contribution in [2.75, 3.05) is 32.8 Å². The quantitative estimate of drug-likeness (QED) is 0.640. The zero-order chi connectivity index (χ0) is 21.7. The lowest BCUT2D eigenvalue weighted by Crippen LogP contribution is -2.44. The fraction of sp³-hybridized carbons (Fsp3) is 0.650. The number of amides is 2. The second-order valence-corrected chi connectivity index (χ2v) is 7.39. The fourth-order valence-electron chi connectivity index (χ4n) is 3.78. The minimum absolute atomic E-state index is 0.141. The number of ether oxygens (including phenoxy) is 2. The zero-order valence-electron chi connectivity index (χ0n) is 17.5. The molecule has 1 aromatic heterocycles. The van der Waals surface area contributed by atoms with E-state index in [4.69, 9.17) is 9.47 Å². The SMILES string of the molecule is CCOC(=O)C1CCN(C(=O)Cn2nc3c(cc2=O)CN(C(=O)OCC)CC3)CC1. The van der Waals surface area contributed by atoms with Crippen LogP contribution < -0.4 is 5.56 Å². The molecule has 0 aromatic carbocycles. The van der Waals surface area contributed by atoms with Crippen LogP contribution in [0.25, 0.3) is 0 Å². The summed E-state index contributed by atoms with van der Waals surface area (Å²) in [5.74, 6) is -0.592. The molecule has 2 amide bonds. The first-order valence-electron chi connectivity index (χ1n) is 10.4. The second kappa shape index (κ2) is 9.73. The minimum atomic E-state index is -0.409. The van der Waals surface area contributed by atoms with E-state index < -0.39 is 6.09 Å². The molecule has 2 aliphatic heterocycles. The van der Waals surface area contributed by atoms with Gasteiger partial charge in [0.05, 0.1) is 31.4 Å². The van der Waals surface area contributed by atoms with Gasteiger partial charge < -0.3 is 19.3 Å². The van der Waals surface area contributed by atoms with Gasteiger partial charge >= 0.3 is 12.1 Å². The maximum Gasteiger partial charge on any atom is 0.410 e. The smallest absolute Gasteiger partial charge is 0.410 e. The molecule has 0 spiro atoms. The minimum Gasteiger partial charge on any atom is -0.466 e. The fourth-order valence-corrected chi connectivity index (χ4v) is 3.78. The summed E-state index contributed by atoms with van der Waals surface area (Å²) in [4.78, 5) is 52.0. The van der Waals surface area contributed by atoms with E-state index in [1.165, 1.54) is 15.6 Å². The summed E-state index contributed by atoms with van der Waals surface area (Å²) in [6.07, 6.45) is 1.20. The molecule has 30 heavy (non-hydrogen) atoms. The predicted molar refractivity (Wildman–Crippen MR) is 106 cm³/mol. The standard InChI is InChI=1S/C20H28N4O6/c1-3-29-19(27)14-5-8-22(9-6-14)18(26)13-24-17(25)11-15-12-23(20(28)30-4-2)10-7-16(15)21-24/h11,14H,3-10,12-13H2,1-2H3. The third-order valence-electron chi connectivity index (χ3n) is 5.42. The van der Waals surface area contributed by atoms with Gasteiger partial charge in [-0.25, -0.2) is 9.48 Å². The van der Waals surface area contributed by atoms with Gasteiger partial charge in [-0.1, -0.05) is 0 Å². The summed E-state index contributed by atoms with van der Waals surface area (Å²) in [5.41, 5.74) is 1.01. The molecule has 10 nitrogen and oxygen atoms in total. The van der Waals surface area contributed by atoms with E-state index in [9.17, 15) is 19.2 Å². The molecule has 3 heterocycles. The lowest BCUT2D eigenvalue weighted by Gasteiger charge is -2.31. The number of carbonyl (C=O) groups is 3. The van der Waals surface area contributed by atoms with Crippen molar-refractivity contribution in [2.45, 2.75) is 46.2 Å². The van der Waals surface area contributed by atoms with Crippen molar-refractivity contribution in [1.29, 1.82) is 0 Å². The summed E-state index contributed by atoms with van der Waals surface area (Å²) in [5, 5.41) is 4.36. The number of hydrogen-bond donors (Lipinski definition) is 0. The van der Waals surface area contributed by atoms with E-state index in [1.54, 1.807) is 18.7 Å². The van der Waals surface area contributed by atoms with Gasteiger partial charge in [-0.05, 0) is 26.7 Å². The molecule has 0 radical (unpaired) electrons. The average Bonchev–Trinajstić information content (AvgIpc) is 2.74. The van der Waals surface area contributed by atoms with E-state index in [0.29, 0.717) is 63.4 Å². The van der Waals surface area contributed by atoms with E-state index in [-0.39, 0.29) is 36.4 Å². The number of fused-ring (bicyclic) bond motifs is 1. The first kappa shape index (κ1) is 21.8. The molecular formula is C20H28N4O6. The molecule has 0 bridgehead atoms. The number of carbonyl (C=O) groups excluding carboxylic acids is 3. The third kappa shape index (κ3) is 4.98. The largest absolute Gasteiger partial charge is 0.466 e. The zero-order valence-corrected chi connectivity index (χ0v) is 17.5. The Kier molecular flexibility index (Phi) is 7.07. The van der Waals surface area contributed by atoms with Crippen LogP contribution in [0.1, 0.15) is 37.9 Å². The van der Waals surface area contributed by atoms with Gasteiger partial charge in [-0.3, -0.25) is 14.4 Å². The van der Waals surface area contributed by atoms with E-state index >= 15 is 0 Å². The maximum absolute atomic E-state index is 12.6. The summed E-state index contributed by atoms with van der Waals surface area (Å²) in [7, 11) is 0. The van der Waals surface area contributed by atoms with Crippen molar-refractivity contribution in [2.24, 2.45) is 5.92 Å². The highest BCUT2D eigenvalue weighted by atomic mass is 16.6. The topological polar surface area (TPSA) is 111 Å². The number of hydrogen-bond acceptors (Lipinski definition) is 7. The molecule has 1 fully saturated rings. The van der Waals surface area contributed by atoms with Crippen LogP contribution in [0.15, 0.2) is 10.9 Å². The monoisotopic (exact) mass is 420 g/mol. The normalized spacial score (nSPS) is 16.7. The number of nitrogens with zero attached hydrogens (tertiary/aromatic N) is 4. The molecule has 164 valence electrons. The third-order valence-corrected chi connectivity index (χ3v) is 5.42. The lowest BCUT2D eigenvalue weighted by atomic mass is 9.97. The van der Waals surface area contributed by atoms with Crippen molar-refractivity contribution in [3.63, 3.8) is 0 Å². The van der Waals surface area contributed by atoms with E-state index in [1.807, 2.05) is 0 Å². The highest BCUT2D eigenvalue weighted by molar-refractivity contribution is 5.77. The first-order valence-corrected chi connectivity index (χ1v) is 10.4. The van der Waals surface area contributed by atoms with Gasteiger partial charge in [0.15, 0.2) is 0 Å². The lowest BCUT2D eigenvalue weighted by molar-refractivity contribution is -0.151. The van der Waals surface area contributed by atoms with Crippen molar-refractivity contribution in [3.05, 3.63) is 27.7 Å². The van der Waals surface area contributed by atoms with Crippen LogP contribution in [0, 0.1) is 5.92 Å². The molecule has 0 atom stereocenters. The van der Waals surface area contributed by atoms with Crippen LogP contribution in [0.4, 0.5) is 4.79 Å². The van der Waals surface area contributed by atoms with Crippen LogP contribution in [0.2, 0.25) is 0 Å².